The van der Waals surface area contributed by atoms with Crippen LogP contribution in [0.3, 0.4) is 0 Å². The molecule has 2 N–H and O–H groups in total. The molecule has 7 nitrogen and oxygen atoms in total. The SMILES string of the molecule is CCN(CC(=O)Nc1cccc(OC)c1)CC(=O)N[C@@](C)(C#N)C(C)C. The molecule has 0 bridgehead atoms. The van der Waals surface area contributed by atoms with E-state index in [4.69, 9.17) is 4.74 Å². The third-order valence-corrected chi connectivity index (χ3v) is 4.32. The largest absolute Gasteiger partial charge is 0.497 e. The molecule has 1 atom stereocenters. The van der Waals surface area contributed by atoms with Gasteiger partial charge in [0.1, 0.15) is 11.3 Å². The van der Waals surface area contributed by atoms with Crippen LogP contribution in [0.15, 0.2) is 24.3 Å². The van der Waals surface area contributed by atoms with Crippen LogP contribution in [0.2, 0.25) is 0 Å². The number of ether oxygens (including phenoxy) is 1. The van der Waals surface area contributed by atoms with Crippen LogP contribution in [0, 0.1) is 17.2 Å². The first-order valence-electron chi connectivity index (χ1n) is 8.62. The lowest BCUT2D eigenvalue weighted by Gasteiger charge is -2.29. The molecule has 0 spiro atoms. The minimum Gasteiger partial charge on any atom is -0.497 e. The summed E-state index contributed by atoms with van der Waals surface area (Å²) in [6, 6.07) is 9.21. The van der Waals surface area contributed by atoms with Crippen molar-refractivity contribution in [3.8, 4) is 11.8 Å². The number of carbonyl (C=O) groups excluding carboxylic acids is 2. The van der Waals surface area contributed by atoms with Crippen molar-refractivity contribution in [2.24, 2.45) is 5.92 Å². The molecule has 0 radical (unpaired) electrons. The van der Waals surface area contributed by atoms with E-state index in [1.165, 1.54) is 0 Å². The van der Waals surface area contributed by atoms with Crippen molar-refractivity contribution >= 4 is 17.5 Å². The normalized spacial score (nSPS) is 13.0. The predicted molar refractivity (Wildman–Crippen MR) is 101 cm³/mol. The van der Waals surface area contributed by atoms with E-state index in [0.29, 0.717) is 18.0 Å². The Labute approximate surface area is 155 Å². The van der Waals surface area contributed by atoms with Gasteiger partial charge in [0.05, 0.1) is 26.3 Å². The molecule has 0 aliphatic heterocycles. The van der Waals surface area contributed by atoms with Crippen molar-refractivity contribution in [3.63, 3.8) is 0 Å². The summed E-state index contributed by atoms with van der Waals surface area (Å²) < 4.78 is 5.13. The second-order valence-electron chi connectivity index (χ2n) is 6.60. The summed E-state index contributed by atoms with van der Waals surface area (Å²) in [5, 5.41) is 14.8. The molecular weight excluding hydrogens is 332 g/mol. The lowest BCUT2D eigenvalue weighted by atomic mass is 9.90. The third-order valence-electron chi connectivity index (χ3n) is 4.32. The molecule has 1 aromatic rings. The molecule has 142 valence electrons. The highest BCUT2D eigenvalue weighted by atomic mass is 16.5. The average molecular weight is 360 g/mol. The number of nitrogens with one attached hydrogen (secondary N) is 2. The maximum Gasteiger partial charge on any atom is 0.238 e. The zero-order valence-electron chi connectivity index (χ0n) is 16.1. The van der Waals surface area contributed by atoms with Crippen LogP contribution in [-0.2, 0) is 9.59 Å². The van der Waals surface area contributed by atoms with Crippen LogP contribution in [0.1, 0.15) is 27.7 Å². The molecule has 0 aliphatic rings. The van der Waals surface area contributed by atoms with Crippen LogP contribution in [-0.4, -0.2) is 49.0 Å². The summed E-state index contributed by atoms with van der Waals surface area (Å²) >= 11 is 0. The monoisotopic (exact) mass is 360 g/mol. The van der Waals surface area contributed by atoms with Gasteiger partial charge in [0.15, 0.2) is 0 Å². The maximum absolute atomic E-state index is 12.3. The van der Waals surface area contributed by atoms with E-state index in [1.807, 2.05) is 20.8 Å². The van der Waals surface area contributed by atoms with Gasteiger partial charge in [-0.15, -0.1) is 0 Å². The first kappa shape index (κ1) is 21.5. The topological polar surface area (TPSA) is 94.5 Å². The molecule has 0 fully saturated rings. The Morgan fingerprint density at radius 1 is 1.31 bits per heavy atom. The second-order valence-corrected chi connectivity index (χ2v) is 6.60. The van der Waals surface area contributed by atoms with Crippen LogP contribution in [0.5, 0.6) is 5.75 Å². The highest BCUT2D eigenvalue weighted by Gasteiger charge is 2.30. The van der Waals surface area contributed by atoms with Gasteiger partial charge in [0.2, 0.25) is 11.8 Å². The molecule has 7 heteroatoms. The van der Waals surface area contributed by atoms with Gasteiger partial charge in [-0.3, -0.25) is 14.5 Å². The van der Waals surface area contributed by atoms with E-state index in [1.54, 1.807) is 43.2 Å². The van der Waals surface area contributed by atoms with E-state index in [2.05, 4.69) is 16.7 Å². The van der Waals surface area contributed by atoms with Crippen molar-refractivity contribution in [2.75, 3.05) is 32.1 Å². The van der Waals surface area contributed by atoms with Crippen molar-refractivity contribution in [1.82, 2.24) is 10.2 Å². The first-order valence-corrected chi connectivity index (χ1v) is 8.62. The highest BCUT2D eigenvalue weighted by molar-refractivity contribution is 5.92. The second kappa shape index (κ2) is 9.78. The zero-order chi connectivity index (χ0) is 19.7. The average Bonchev–Trinajstić information content (AvgIpc) is 2.60. The minimum absolute atomic E-state index is 0.0251. The molecule has 0 saturated carbocycles. The van der Waals surface area contributed by atoms with Gasteiger partial charge in [0, 0.05) is 11.8 Å². The summed E-state index contributed by atoms with van der Waals surface area (Å²) in [6.45, 7) is 7.98. The summed E-state index contributed by atoms with van der Waals surface area (Å²) in [5.41, 5.74) is -0.300. The van der Waals surface area contributed by atoms with Gasteiger partial charge in [-0.05, 0) is 31.5 Å². The first-order chi connectivity index (χ1) is 12.2. The van der Waals surface area contributed by atoms with Crippen molar-refractivity contribution < 1.29 is 14.3 Å². The molecule has 2 amide bonds. The smallest absolute Gasteiger partial charge is 0.238 e. The number of benzene rings is 1. The van der Waals surface area contributed by atoms with E-state index in [-0.39, 0.29) is 30.8 Å². The van der Waals surface area contributed by atoms with Gasteiger partial charge in [-0.1, -0.05) is 26.8 Å². The Bertz CT molecular complexity index is 669. The predicted octanol–water partition coefficient (Wildman–Crippen LogP) is 2.01. The van der Waals surface area contributed by atoms with E-state index >= 15 is 0 Å². The van der Waals surface area contributed by atoms with Gasteiger partial charge in [-0.2, -0.15) is 5.26 Å². The number of carbonyl (C=O) groups is 2. The number of hydrogen-bond acceptors (Lipinski definition) is 5. The number of nitrogens with zero attached hydrogens (tertiary/aromatic N) is 2. The Kier molecular flexibility index (Phi) is 8.07. The number of amides is 2. The molecule has 0 aromatic heterocycles. The van der Waals surface area contributed by atoms with Crippen LogP contribution in [0.4, 0.5) is 5.69 Å². The minimum atomic E-state index is -0.931. The number of likely N-dealkylation sites (N-methyl/N-ethyl adjacent to an activating group) is 1. The molecule has 0 unspecified atom stereocenters. The van der Waals surface area contributed by atoms with Gasteiger partial charge in [-0.25, -0.2) is 0 Å². The molecule has 26 heavy (non-hydrogen) atoms. The van der Waals surface area contributed by atoms with E-state index < -0.39 is 5.54 Å². The fraction of sp³-hybridized carbons (Fsp3) is 0.526. The van der Waals surface area contributed by atoms with Gasteiger partial charge < -0.3 is 15.4 Å². The highest BCUT2D eigenvalue weighted by Crippen LogP contribution is 2.17. The summed E-state index contributed by atoms with van der Waals surface area (Å²) in [6.07, 6.45) is 0. The number of methoxy groups -OCH3 is 1. The quantitative estimate of drug-likeness (QED) is 0.702. The lowest BCUT2D eigenvalue weighted by Crippen LogP contribution is -2.52. The molecular formula is C19H28N4O3. The fourth-order valence-electron chi connectivity index (χ4n) is 2.22. The van der Waals surface area contributed by atoms with Crippen molar-refractivity contribution in [1.29, 1.82) is 5.26 Å². The third kappa shape index (κ3) is 6.37. The van der Waals surface area contributed by atoms with Crippen molar-refractivity contribution in [2.45, 2.75) is 33.2 Å². The molecule has 1 aromatic carbocycles. The summed E-state index contributed by atoms with van der Waals surface area (Å²) in [5.74, 6) is 0.125. The van der Waals surface area contributed by atoms with E-state index in [9.17, 15) is 14.9 Å². The van der Waals surface area contributed by atoms with Crippen LogP contribution in [0.25, 0.3) is 0 Å². The maximum atomic E-state index is 12.3. The number of rotatable bonds is 9. The standard InChI is InChI=1S/C19H28N4O3/c1-6-23(12-18(25)22-19(4,13-20)14(2)3)11-17(24)21-15-8-7-9-16(10-15)26-5/h7-10,14H,6,11-12H2,1-5H3,(H,21,24)(H,22,25)/t19-/m0/s1. The van der Waals surface area contributed by atoms with Gasteiger partial charge >= 0.3 is 0 Å². The molecule has 0 aliphatic carbocycles. The summed E-state index contributed by atoms with van der Waals surface area (Å²) in [7, 11) is 1.56. The molecule has 1 rings (SSSR count). The van der Waals surface area contributed by atoms with Crippen molar-refractivity contribution in [3.05, 3.63) is 24.3 Å². The number of hydrogen-bond donors (Lipinski definition) is 2. The zero-order valence-corrected chi connectivity index (χ0v) is 16.1. The Morgan fingerprint density at radius 3 is 2.50 bits per heavy atom. The van der Waals surface area contributed by atoms with E-state index in [0.717, 1.165) is 0 Å². The Hall–Kier alpha value is -2.59. The number of anilines is 1. The fourth-order valence-corrected chi connectivity index (χ4v) is 2.22. The number of nitriles is 1. The lowest BCUT2D eigenvalue weighted by molar-refractivity contribution is -0.124. The van der Waals surface area contributed by atoms with Gasteiger partial charge in [0.25, 0.3) is 0 Å². The van der Waals surface area contributed by atoms with Crippen LogP contribution >= 0.6 is 0 Å². The Morgan fingerprint density at radius 2 is 1.96 bits per heavy atom. The molecule has 0 heterocycles. The Balaban J connectivity index is 2.62. The summed E-state index contributed by atoms with van der Waals surface area (Å²) in [4.78, 5) is 26.2. The van der Waals surface area contributed by atoms with Crippen LogP contribution < -0.4 is 15.4 Å². The molecule has 0 saturated heterocycles.